The standard InChI is InChI=1S/C20H29F2N3O/c1-15-5-3-4-8-25(15)20(26)14-23-9-11-24(12-10-23)16(2)18-7-6-17(21)13-19(18)22/h6-7,13,15-16H,3-5,8-12,14H2,1-2H3. The van der Waals surface area contributed by atoms with E-state index in [1.54, 1.807) is 0 Å². The molecular formula is C20H29F2N3O. The maximum Gasteiger partial charge on any atom is 0.236 e. The fraction of sp³-hybridized carbons (Fsp3) is 0.650. The topological polar surface area (TPSA) is 26.8 Å². The van der Waals surface area contributed by atoms with Crippen molar-refractivity contribution in [3.05, 3.63) is 35.4 Å². The maximum absolute atomic E-state index is 14.0. The summed E-state index contributed by atoms with van der Waals surface area (Å²) in [4.78, 5) is 19.0. The van der Waals surface area contributed by atoms with Crippen LogP contribution in [0.1, 0.15) is 44.7 Å². The first kappa shape index (κ1) is 19.2. The Balaban J connectivity index is 1.51. The Morgan fingerprint density at radius 1 is 1.15 bits per heavy atom. The Bertz CT molecular complexity index is 631. The van der Waals surface area contributed by atoms with Gasteiger partial charge in [-0.15, -0.1) is 0 Å². The van der Waals surface area contributed by atoms with E-state index in [1.165, 1.54) is 18.6 Å². The van der Waals surface area contributed by atoms with Crippen molar-refractivity contribution < 1.29 is 13.6 Å². The van der Waals surface area contributed by atoms with Crippen LogP contribution in [-0.4, -0.2) is 65.9 Å². The molecule has 2 fully saturated rings. The van der Waals surface area contributed by atoms with Crippen molar-refractivity contribution in [2.75, 3.05) is 39.3 Å². The maximum atomic E-state index is 14.0. The molecule has 0 aliphatic carbocycles. The van der Waals surface area contributed by atoms with Gasteiger partial charge in [-0.3, -0.25) is 14.6 Å². The summed E-state index contributed by atoms with van der Waals surface area (Å²) in [5.74, 6) is -0.814. The second-order valence-corrected chi connectivity index (χ2v) is 7.59. The van der Waals surface area contributed by atoms with E-state index in [0.717, 1.165) is 51.6 Å². The molecule has 4 nitrogen and oxygen atoms in total. The molecule has 2 atom stereocenters. The highest BCUT2D eigenvalue weighted by atomic mass is 19.1. The third-order valence-corrected chi connectivity index (χ3v) is 5.85. The Hall–Kier alpha value is -1.53. The van der Waals surface area contributed by atoms with Gasteiger partial charge in [-0.25, -0.2) is 8.78 Å². The van der Waals surface area contributed by atoms with Crippen LogP contribution in [0.4, 0.5) is 8.78 Å². The summed E-state index contributed by atoms with van der Waals surface area (Å²) in [6.45, 7) is 8.57. The first-order valence-electron chi connectivity index (χ1n) is 9.66. The summed E-state index contributed by atoms with van der Waals surface area (Å²) in [5, 5.41) is 0. The van der Waals surface area contributed by atoms with E-state index in [1.807, 2.05) is 11.8 Å². The molecule has 0 radical (unpaired) electrons. The molecule has 1 amide bonds. The molecule has 26 heavy (non-hydrogen) atoms. The van der Waals surface area contributed by atoms with Gasteiger partial charge in [0.15, 0.2) is 0 Å². The third-order valence-electron chi connectivity index (χ3n) is 5.85. The molecule has 6 heteroatoms. The van der Waals surface area contributed by atoms with Gasteiger partial charge in [-0.2, -0.15) is 0 Å². The molecule has 0 bridgehead atoms. The molecular weight excluding hydrogens is 336 g/mol. The minimum absolute atomic E-state index is 0.101. The summed E-state index contributed by atoms with van der Waals surface area (Å²) < 4.78 is 27.1. The first-order chi connectivity index (χ1) is 12.5. The zero-order valence-electron chi connectivity index (χ0n) is 15.8. The lowest BCUT2D eigenvalue weighted by Crippen LogP contribution is -2.52. The average Bonchev–Trinajstić information content (AvgIpc) is 2.62. The number of hydrogen-bond acceptors (Lipinski definition) is 3. The molecule has 0 saturated carbocycles. The van der Waals surface area contributed by atoms with E-state index in [-0.39, 0.29) is 11.9 Å². The Morgan fingerprint density at radius 3 is 2.54 bits per heavy atom. The summed E-state index contributed by atoms with van der Waals surface area (Å²) in [7, 11) is 0. The van der Waals surface area contributed by atoms with Crippen LogP contribution in [0.25, 0.3) is 0 Å². The monoisotopic (exact) mass is 365 g/mol. The Kier molecular flexibility index (Phi) is 6.24. The zero-order valence-corrected chi connectivity index (χ0v) is 15.8. The van der Waals surface area contributed by atoms with Gasteiger partial charge in [-0.1, -0.05) is 6.07 Å². The van der Waals surface area contributed by atoms with E-state index in [9.17, 15) is 13.6 Å². The number of amides is 1. The molecule has 1 aromatic carbocycles. The van der Waals surface area contributed by atoms with Crippen molar-refractivity contribution in [2.45, 2.75) is 45.2 Å². The predicted octanol–water partition coefficient (Wildman–Crippen LogP) is 3.04. The fourth-order valence-electron chi connectivity index (χ4n) is 4.10. The molecule has 2 aliphatic heterocycles. The van der Waals surface area contributed by atoms with Crippen LogP contribution in [0.15, 0.2) is 18.2 Å². The van der Waals surface area contributed by atoms with Crippen LogP contribution in [0, 0.1) is 11.6 Å². The molecule has 3 rings (SSSR count). The van der Waals surface area contributed by atoms with Gasteiger partial charge in [0.2, 0.25) is 5.91 Å². The van der Waals surface area contributed by atoms with Crippen LogP contribution < -0.4 is 0 Å². The van der Waals surface area contributed by atoms with Crippen molar-refractivity contribution in [1.29, 1.82) is 0 Å². The number of benzene rings is 1. The number of halogens is 2. The van der Waals surface area contributed by atoms with E-state index < -0.39 is 11.6 Å². The first-order valence-corrected chi connectivity index (χ1v) is 9.66. The summed E-state index contributed by atoms with van der Waals surface area (Å²) in [6, 6.07) is 4.03. The van der Waals surface area contributed by atoms with Gasteiger partial charge in [0, 0.05) is 56.4 Å². The molecule has 2 saturated heterocycles. The van der Waals surface area contributed by atoms with Crippen molar-refractivity contribution in [3.8, 4) is 0 Å². The number of hydrogen-bond donors (Lipinski definition) is 0. The van der Waals surface area contributed by atoms with E-state index in [4.69, 9.17) is 0 Å². The predicted molar refractivity (Wildman–Crippen MR) is 97.8 cm³/mol. The third kappa shape index (κ3) is 4.41. The second kappa shape index (κ2) is 8.44. The van der Waals surface area contributed by atoms with Gasteiger partial charge >= 0.3 is 0 Å². The van der Waals surface area contributed by atoms with Crippen LogP contribution >= 0.6 is 0 Å². The minimum Gasteiger partial charge on any atom is -0.339 e. The number of piperazine rings is 1. The smallest absolute Gasteiger partial charge is 0.236 e. The molecule has 144 valence electrons. The highest BCUT2D eigenvalue weighted by molar-refractivity contribution is 5.78. The molecule has 2 aliphatic rings. The highest BCUT2D eigenvalue weighted by Gasteiger charge is 2.28. The molecule has 1 aromatic rings. The Labute approximate surface area is 154 Å². The van der Waals surface area contributed by atoms with E-state index in [2.05, 4.69) is 16.7 Å². The SMILES string of the molecule is CC(c1ccc(F)cc1F)N1CCN(CC(=O)N2CCCCC2C)CC1. The van der Waals surface area contributed by atoms with Crippen LogP contribution in [-0.2, 0) is 4.79 Å². The molecule has 2 heterocycles. The number of likely N-dealkylation sites (tertiary alicyclic amines) is 1. The zero-order chi connectivity index (χ0) is 18.7. The van der Waals surface area contributed by atoms with Crippen molar-refractivity contribution in [2.24, 2.45) is 0 Å². The van der Waals surface area contributed by atoms with Gasteiger partial charge < -0.3 is 4.90 Å². The van der Waals surface area contributed by atoms with Crippen LogP contribution in [0.2, 0.25) is 0 Å². The molecule has 0 spiro atoms. The number of piperidine rings is 1. The average molecular weight is 365 g/mol. The van der Waals surface area contributed by atoms with E-state index in [0.29, 0.717) is 18.2 Å². The normalized spacial score (nSPS) is 23.8. The highest BCUT2D eigenvalue weighted by Crippen LogP contribution is 2.25. The largest absolute Gasteiger partial charge is 0.339 e. The van der Waals surface area contributed by atoms with Gasteiger partial charge in [0.05, 0.1) is 6.54 Å². The van der Waals surface area contributed by atoms with Crippen LogP contribution in [0.5, 0.6) is 0 Å². The van der Waals surface area contributed by atoms with E-state index >= 15 is 0 Å². The molecule has 2 unspecified atom stereocenters. The minimum atomic E-state index is -0.547. The fourth-order valence-corrected chi connectivity index (χ4v) is 4.10. The quantitative estimate of drug-likeness (QED) is 0.821. The summed E-state index contributed by atoms with van der Waals surface area (Å²) in [5.41, 5.74) is 0.526. The summed E-state index contributed by atoms with van der Waals surface area (Å²) >= 11 is 0. The number of carbonyl (C=O) groups is 1. The molecule has 0 N–H and O–H groups in total. The van der Waals surface area contributed by atoms with Gasteiger partial charge in [0.25, 0.3) is 0 Å². The summed E-state index contributed by atoms with van der Waals surface area (Å²) in [6.07, 6.45) is 3.41. The second-order valence-electron chi connectivity index (χ2n) is 7.59. The lowest BCUT2D eigenvalue weighted by atomic mass is 10.0. The lowest BCUT2D eigenvalue weighted by Gasteiger charge is -2.40. The Morgan fingerprint density at radius 2 is 1.88 bits per heavy atom. The van der Waals surface area contributed by atoms with Crippen molar-refractivity contribution in [1.82, 2.24) is 14.7 Å². The van der Waals surface area contributed by atoms with Gasteiger partial charge in [-0.05, 0) is 39.2 Å². The lowest BCUT2D eigenvalue weighted by molar-refractivity contribution is -0.136. The number of nitrogens with zero attached hydrogens (tertiary/aromatic N) is 3. The molecule has 0 aromatic heterocycles. The van der Waals surface area contributed by atoms with Gasteiger partial charge in [0.1, 0.15) is 11.6 Å². The van der Waals surface area contributed by atoms with Crippen molar-refractivity contribution in [3.63, 3.8) is 0 Å². The van der Waals surface area contributed by atoms with Crippen molar-refractivity contribution >= 4 is 5.91 Å². The number of rotatable bonds is 4. The number of carbonyl (C=O) groups excluding carboxylic acids is 1. The van der Waals surface area contributed by atoms with Crippen LogP contribution in [0.3, 0.4) is 0 Å².